The maximum Gasteiger partial charge on any atom is 0.335 e. The van der Waals surface area contributed by atoms with Crippen LogP contribution >= 0.6 is 0 Å². The summed E-state index contributed by atoms with van der Waals surface area (Å²) in [6.07, 6.45) is 4.10. The molecule has 94 valence electrons. The van der Waals surface area contributed by atoms with Gasteiger partial charge in [-0.15, -0.1) is 5.10 Å². The molecule has 3 rings (SSSR count). The van der Waals surface area contributed by atoms with Crippen LogP contribution in [0.5, 0.6) is 0 Å². The second-order valence-corrected chi connectivity index (χ2v) is 4.53. The molecule has 1 aliphatic heterocycles. The topological polar surface area (TPSA) is 70.7 Å². The van der Waals surface area contributed by atoms with Gasteiger partial charge in [-0.2, -0.15) is 0 Å². The smallest absolute Gasteiger partial charge is 0.335 e. The van der Waals surface area contributed by atoms with Crippen molar-refractivity contribution in [2.24, 2.45) is 0 Å². The van der Waals surface area contributed by atoms with Crippen molar-refractivity contribution >= 4 is 11.6 Å². The highest BCUT2D eigenvalue weighted by molar-refractivity contribution is 5.88. The lowest BCUT2D eigenvalue weighted by Crippen LogP contribution is -2.19. The number of aromatic carboxylic acids is 1. The minimum atomic E-state index is -0.943. The summed E-state index contributed by atoms with van der Waals surface area (Å²) >= 11 is 0. The van der Waals surface area contributed by atoms with Gasteiger partial charge in [0.25, 0.3) is 0 Å². The molecule has 2 aromatic heterocycles. The third-order valence-electron chi connectivity index (χ3n) is 3.19. The number of carbonyl (C=O) groups is 1. The first kappa shape index (κ1) is 11.2. The minimum Gasteiger partial charge on any atom is -0.478 e. The van der Waals surface area contributed by atoms with Gasteiger partial charge in [-0.05, 0) is 38.1 Å². The number of carboxylic acid groups (broad SMARTS) is 1. The van der Waals surface area contributed by atoms with Gasteiger partial charge in [-0.3, -0.25) is 4.90 Å². The lowest BCUT2D eigenvalue weighted by molar-refractivity contribution is 0.0697. The fraction of sp³-hybridized carbons (Fsp3) is 0.417. The van der Waals surface area contributed by atoms with Crippen molar-refractivity contribution in [1.29, 1.82) is 0 Å². The standard InChI is InChI=1S/C12H14N4O2/c17-12(18)9-3-6-16-11(7-9)13-10(14-16)8-15-4-1-2-5-15/h3,6-7H,1-2,4-5,8H2,(H,17,18). The highest BCUT2D eigenvalue weighted by Gasteiger charge is 2.15. The first-order chi connectivity index (χ1) is 8.72. The Bertz CT molecular complexity index is 587. The number of aromatic nitrogens is 3. The van der Waals surface area contributed by atoms with Crippen molar-refractivity contribution in [3.05, 3.63) is 29.7 Å². The number of pyridine rings is 1. The molecule has 0 bridgehead atoms. The van der Waals surface area contributed by atoms with Crippen LogP contribution in [0.4, 0.5) is 0 Å². The highest BCUT2D eigenvalue weighted by atomic mass is 16.4. The SMILES string of the molecule is O=C(O)c1ccn2nc(CN3CCCC3)nc2c1. The van der Waals surface area contributed by atoms with Crippen molar-refractivity contribution in [1.82, 2.24) is 19.5 Å². The summed E-state index contributed by atoms with van der Waals surface area (Å²) in [7, 11) is 0. The summed E-state index contributed by atoms with van der Waals surface area (Å²) in [5.74, 6) is -0.193. The molecule has 6 heteroatoms. The molecule has 0 unspecified atom stereocenters. The molecule has 1 fully saturated rings. The van der Waals surface area contributed by atoms with Gasteiger partial charge in [0.05, 0.1) is 12.1 Å². The van der Waals surface area contributed by atoms with Gasteiger partial charge in [0, 0.05) is 6.20 Å². The molecule has 0 amide bonds. The van der Waals surface area contributed by atoms with Crippen LogP contribution in [0.1, 0.15) is 29.0 Å². The van der Waals surface area contributed by atoms with Gasteiger partial charge < -0.3 is 5.11 Å². The zero-order chi connectivity index (χ0) is 12.5. The van der Waals surface area contributed by atoms with Crippen LogP contribution in [0.2, 0.25) is 0 Å². The van der Waals surface area contributed by atoms with Crippen LogP contribution in [0, 0.1) is 0 Å². The fourth-order valence-electron chi connectivity index (χ4n) is 2.27. The van der Waals surface area contributed by atoms with E-state index in [4.69, 9.17) is 5.11 Å². The van der Waals surface area contributed by atoms with E-state index in [9.17, 15) is 4.79 Å². The molecular weight excluding hydrogens is 232 g/mol. The third-order valence-corrected chi connectivity index (χ3v) is 3.19. The van der Waals surface area contributed by atoms with Crippen LogP contribution in [0.3, 0.4) is 0 Å². The summed E-state index contributed by atoms with van der Waals surface area (Å²) in [6, 6.07) is 3.08. The highest BCUT2D eigenvalue weighted by Crippen LogP contribution is 2.12. The summed E-state index contributed by atoms with van der Waals surface area (Å²) in [6.45, 7) is 2.93. The van der Waals surface area contributed by atoms with Crippen molar-refractivity contribution in [3.63, 3.8) is 0 Å². The number of hydrogen-bond donors (Lipinski definition) is 1. The van der Waals surface area contributed by atoms with E-state index < -0.39 is 5.97 Å². The molecule has 0 aliphatic carbocycles. The summed E-state index contributed by atoms with van der Waals surface area (Å²) in [5.41, 5.74) is 0.826. The Morgan fingerprint density at radius 3 is 2.89 bits per heavy atom. The van der Waals surface area contributed by atoms with E-state index in [0.29, 0.717) is 5.65 Å². The third kappa shape index (κ3) is 2.06. The molecule has 0 atom stereocenters. The second-order valence-electron chi connectivity index (χ2n) is 4.53. The Morgan fingerprint density at radius 2 is 2.17 bits per heavy atom. The molecule has 6 nitrogen and oxygen atoms in total. The van der Waals surface area contributed by atoms with Crippen molar-refractivity contribution in [2.75, 3.05) is 13.1 Å². The van der Waals surface area contributed by atoms with Gasteiger partial charge in [0.15, 0.2) is 11.5 Å². The Morgan fingerprint density at radius 1 is 1.39 bits per heavy atom. The molecule has 0 aromatic carbocycles. The van der Waals surface area contributed by atoms with E-state index in [0.717, 1.165) is 25.5 Å². The maximum absolute atomic E-state index is 10.9. The fourth-order valence-corrected chi connectivity index (χ4v) is 2.27. The summed E-state index contributed by atoms with van der Waals surface area (Å²) in [4.78, 5) is 17.5. The van der Waals surface area contributed by atoms with E-state index >= 15 is 0 Å². The van der Waals surface area contributed by atoms with Crippen LogP contribution in [-0.4, -0.2) is 43.7 Å². The number of nitrogens with zero attached hydrogens (tertiary/aromatic N) is 4. The molecule has 0 radical (unpaired) electrons. The van der Waals surface area contributed by atoms with Gasteiger partial charge in [-0.25, -0.2) is 14.3 Å². The number of likely N-dealkylation sites (tertiary alicyclic amines) is 1. The molecule has 1 N–H and O–H groups in total. The Labute approximate surface area is 104 Å². The van der Waals surface area contributed by atoms with Gasteiger partial charge in [0.2, 0.25) is 0 Å². The van der Waals surface area contributed by atoms with Gasteiger partial charge in [-0.1, -0.05) is 0 Å². The molecule has 0 spiro atoms. The van der Waals surface area contributed by atoms with Crippen LogP contribution in [0.15, 0.2) is 18.3 Å². The normalized spacial score (nSPS) is 16.4. The second kappa shape index (κ2) is 4.38. The van der Waals surface area contributed by atoms with E-state index in [2.05, 4.69) is 15.0 Å². The number of fused-ring (bicyclic) bond motifs is 1. The van der Waals surface area contributed by atoms with Crippen LogP contribution in [0.25, 0.3) is 5.65 Å². The van der Waals surface area contributed by atoms with Gasteiger partial charge >= 0.3 is 5.97 Å². The predicted octanol–water partition coefficient (Wildman–Crippen LogP) is 1.02. The predicted molar refractivity (Wildman–Crippen MR) is 64.5 cm³/mol. The van der Waals surface area contributed by atoms with E-state index in [1.165, 1.54) is 18.9 Å². The van der Waals surface area contributed by atoms with Gasteiger partial charge in [0.1, 0.15) is 0 Å². The van der Waals surface area contributed by atoms with Crippen molar-refractivity contribution in [2.45, 2.75) is 19.4 Å². The largest absolute Gasteiger partial charge is 0.478 e. The van der Waals surface area contributed by atoms with Crippen LogP contribution < -0.4 is 0 Å². The minimum absolute atomic E-state index is 0.239. The molecule has 1 saturated heterocycles. The Hall–Kier alpha value is -1.95. The lowest BCUT2D eigenvalue weighted by Gasteiger charge is -2.10. The van der Waals surface area contributed by atoms with Crippen molar-refractivity contribution < 1.29 is 9.90 Å². The average Bonchev–Trinajstić information content (AvgIpc) is 2.96. The first-order valence-corrected chi connectivity index (χ1v) is 6.03. The zero-order valence-corrected chi connectivity index (χ0v) is 9.91. The number of carboxylic acids is 1. The number of hydrogen-bond acceptors (Lipinski definition) is 4. The van der Waals surface area contributed by atoms with E-state index in [1.54, 1.807) is 16.8 Å². The summed E-state index contributed by atoms with van der Waals surface area (Å²) in [5, 5.41) is 13.3. The lowest BCUT2D eigenvalue weighted by atomic mass is 10.3. The quantitative estimate of drug-likeness (QED) is 0.875. The molecule has 0 saturated carbocycles. The first-order valence-electron chi connectivity index (χ1n) is 6.03. The molecule has 3 heterocycles. The van der Waals surface area contributed by atoms with E-state index in [1.807, 2.05) is 0 Å². The monoisotopic (exact) mass is 246 g/mol. The molecule has 2 aromatic rings. The molecule has 1 aliphatic rings. The molecule has 18 heavy (non-hydrogen) atoms. The maximum atomic E-state index is 10.9. The molecular formula is C12H14N4O2. The Kier molecular flexibility index (Phi) is 2.71. The Balaban J connectivity index is 1.87. The van der Waals surface area contributed by atoms with E-state index in [-0.39, 0.29) is 5.56 Å². The van der Waals surface area contributed by atoms with Crippen molar-refractivity contribution in [3.8, 4) is 0 Å². The van der Waals surface area contributed by atoms with Crippen LogP contribution in [-0.2, 0) is 6.54 Å². The average molecular weight is 246 g/mol. The summed E-state index contributed by atoms with van der Waals surface area (Å²) < 4.78 is 1.62. The number of rotatable bonds is 3. The zero-order valence-electron chi connectivity index (χ0n) is 9.91.